The maximum Gasteiger partial charge on any atom is 0.223 e. The molecule has 32 heavy (non-hydrogen) atoms. The first-order valence-electron chi connectivity index (χ1n) is 10.9. The summed E-state index contributed by atoms with van der Waals surface area (Å²) >= 11 is 12.6. The van der Waals surface area contributed by atoms with Gasteiger partial charge in [0, 0.05) is 31.3 Å². The van der Waals surface area contributed by atoms with E-state index in [4.69, 9.17) is 37.9 Å². The number of nitrogens with zero attached hydrogens (tertiary/aromatic N) is 4. The van der Waals surface area contributed by atoms with Gasteiger partial charge < -0.3 is 15.0 Å². The molecule has 2 aromatic heterocycles. The third-order valence-corrected chi connectivity index (χ3v) is 6.93. The first-order chi connectivity index (χ1) is 15.5. The predicted molar refractivity (Wildman–Crippen MR) is 126 cm³/mol. The number of hydrogen-bond donors (Lipinski definition) is 1. The molecular formula is C23H25Cl2N5O2. The molecular weight excluding hydrogens is 449 g/mol. The van der Waals surface area contributed by atoms with E-state index in [1.807, 2.05) is 35.8 Å². The van der Waals surface area contributed by atoms with Gasteiger partial charge in [0.05, 0.1) is 33.7 Å². The Labute approximate surface area is 196 Å². The van der Waals surface area contributed by atoms with Crippen molar-refractivity contribution in [3.05, 3.63) is 46.1 Å². The molecule has 0 aliphatic carbocycles. The van der Waals surface area contributed by atoms with Gasteiger partial charge in [0.1, 0.15) is 5.82 Å². The van der Waals surface area contributed by atoms with E-state index in [1.165, 1.54) is 0 Å². The molecule has 0 bridgehead atoms. The Morgan fingerprint density at radius 3 is 2.62 bits per heavy atom. The second-order valence-electron chi connectivity index (χ2n) is 8.47. The second kappa shape index (κ2) is 8.89. The van der Waals surface area contributed by atoms with Crippen molar-refractivity contribution in [2.75, 3.05) is 31.2 Å². The summed E-state index contributed by atoms with van der Waals surface area (Å²) in [6.45, 7) is 4.77. The van der Waals surface area contributed by atoms with Crippen molar-refractivity contribution in [1.29, 1.82) is 0 Å². The van der Waals surface area contributed by atoms with Gasteiger partial charge in [0.15, 0.2) is 0 Å². The molecule has 2 fully saturated rings. The predicted octanol–water partition coefficient (Wildman–Crippen LogP) is 4.16. The molecule has 1 N–H and O–H groups in total. The van der Waals surface area contributed by atoms with Crippen LogP contribution in [0.5, 0.6) is 0 Å². The fourth-order valence-corrected chi connectivity index (χ4v) is 4.78. The zero-order valence-electron chi connectivity index (χ0n) is 17.9. The number of imidazole rings is 1. The number of fused-ring (bicyclic) bond motifs is 1. The van der Waals surface area contributed by atoms with Crippen LogP contribution in [-0.4, -0.2) is 52.8 Å². The fraction of sp³-hybridized carbons (Fsp3) is 0.435. The van der Waals surface area contributed by atoms with Crippen molar-refractivity contribution >= 4 is 46.1 Å². The first kappa shape index (κ1) is 21.5. The van der Waals surface area contributed by atoms with Gasteiger partial charge in [-0.15, -0.1) is 0 Å². The molecule has 0 saturated carbocycles. The van der Waals surface area contributed by atoms with Crippen LogP contribution >= 0.6 is 23.2 Å². The summed E-state index contributed by atoms with van der Waals surface area (Å²) in [6.07, 6.45) is 2.43. The SMILES string of the molecule is Cc1cccc(-n2c(N3CCC(C(=O)NC4CCOC4)CC3)nc3cc(Cl)c(Cl)cc32)n1. The molecule has 2 aliphatic heterocycles. The van der Waals surface area contributed by atoms with E-state index in [9.17, 15) is 4.79 Å². The number of piperidine rings is 1. The van der Waals surface area contributed by atoms with Crippen molar-refractivity contribution in [2.45, 2.75) is 32.2 Å². The largest absolute Gasteiger partial charge is 0.379 e. The van der Waals surface area contributed by atoms with E-state index in [0.29, 0.717) is 16.7 Å². The minimum atomic E-state index is 0.00524. The number of aryl methyl sites for hydroxylation is 1. The van der Waals surface area contributed by atoms with Gasteiger partial charge in [-0.3, -0.25) is 9.36 Å². The number of aromatic nitrogens is 3. The summed E-state index contributed by atoms with van der Waals surface area (Å²) in [5.41, 5.74) is 2.54. The molecule has 1 unspecified atom stereocenters. The smallest absolute Gasteiger partial charge is 0.223 e. The number of amides is 1. The lowest BCUT2D eigenvalue weighted by Gasteiger charge is -2.32. The molecule has 4 heterocycles. The summed E-state index contributed by atoms with van der Waals surface area (Å²) in [4.78, 5) is 24.5. The zero-order chi connectivity index (χ0) is 22.2. The number of carbonyl (C=O) groups excluding carboxylic acids is 1. The Bertz CT molecular complexity index is 1150. The summed E-state index contributed by atoms with van der Waals surface area (Å²) in [5.74, 6) is 1.71. The maximum atomic E-state index is 12.7. The van der Waals surface area contributed by atoms with E-state index in [-0.39, 0.29) is 17.9 Å². The van der Waals surface area contributed by atoms with Crippen LogP contribution in [0.3, 0.4) is 0 Å². The van der Waals surface area contributed by atoms with E-state index in [1.54, 1.807) is 6.07 Å². The molecule has 9 heteroatoms. The summed E-state index contributed by atoms with van der Waals surface area (Å²) in [6, 6.07) is 9.68. The van der Waals surface area contributed by atoms with Crippen molar-refractivity contribution in [1.82, 2.24) is 19.9 Å². The number of carbonyl (C=O) groups is 1. The molecule has 0 spiro atoms. The van der Waals surface area contributed by atoms with Gasteiger partial charge in [0.25, 0.3) is 0 Å². The maximum absolute atomic E-state index is 12.7. The lowest BCUT2D eigenvalue weighted by Crippen LogP contribution is -2.44. The minimum absolute atomic E-state index is 0.00524. The molecule has 1 aromatic carbocycles. The lowest BCUT2D eigenvalue weighted by atomic mass is 9.95. The van der Waals surface area contributed by atoms with Crippen LogP contribution < -0.4 is 10.2 Å². The third kappa shape index (κ3) is 4.17. The number of anilines is 1. The highest BCUT2D eigenvalue weighted by atomic mass is 35.5. The number of pyridine rings is 1. The van der Waals surface area contributed by atoms with Gasteiger partial charge in [-0.2, -0.15) is 0 Å². The Morgan fingerprint density at radius 1 is 1.12 bits per heavy atom. The number of rotatable bonds is 4. The highest BCUT2D eigenvalue weighted by molar-refractivity contribution is 6.42. The molecule has 0 radical (unpaired) electrons. The lowest BCUT2D eigenvalue weighted by molar-refractivity contribution is -0.126. The van der Waals surface area contributed by atoms with Crippen LogP contribution in [0.2, 0.25) is 10.0 Å². The molecule has 2 aliphatic rings. The van der Waals surface area contributed by atoms with Crippen LogP contribution in [0.4, 0.5) is 5.95 Å². The van der Waals surface area contributed by atoms with Crippen LogP contribution in [0, 0.1) is 12.8 Å². The van der Waals surface area contributed by atoms with Crippen molar-refractivity contribution in [2.24, 2.45) is 5.92 Å². The van der Waals surface area contributed by atoms with Gasteiger partial charge >= 0.3 is 0 Å². The molecule has 168 valence electrons. The topological polar surface area (TPSA) is 72.3 Å². The first-order valence-corrected chi connectivity index (χ1v) is 11.7. The van der Waals surface area contributed by atoms with Crippen LogP contribution in [0.25, 0.3) is 16.9 Å². The Kier molecular flexibility index (Phi) is 5.97. The van der Waals surface area contributed by atoms with Crippen LogP contribution in [-0.2, 0) is 9.53 Å². The van der Waals surface area contributed by atoms with Gasteiger partial charge in [-0.25, -0.2) is 9.97 Å². The average Bonchev–Trinajstić information content (AvgIpc) is 3.42. The van der Waals surface area contributed by atoms with Crippen molar-refractivity contribution in [3.8, 4) is 5.82 Å². The Morgan fingerprint density at radius 2 is 1.91 bits per heavy atom. The fourth-order valence-electron chi connectivity index (χ4n) is 4.46. The summed E-state index contributed by atoms with van der Waals surface area (Å²) < 4.78 is 7.40. The highest BCUT2D eigenvalue weighted by Gasteiger charge is 2.30. The van der Waals surface area contributed by atoms with Gasteiger partial charge in [-0.1, -0.05) is 29.3 Å². The van der Waals surface area contributed by atoms with E-state index in [0.717, 1.165) is 67.5 Å². The Hall–Kier alpha value is -2.35. The van der Waals surface area contributed by atoms with Crippen molar-refractivity contribution < 1.29 is 9.53 Å². The van der Waals surface area contributed by atoms with E-state index < -0.39 is 0 Å². The molecule has 1 amide bonds. The van der Waals surface area contributed by atoms with Crippen LogP contribution in [0.15, 0.2) is 30.3 Å². The Balaban J connectivity index is 1.43. The molecule has 5 rings (SSSR count). The normalized spacial score (nSPS) is 19.6. The molecule has 7 nitrogen and oxygen atoms in total. The number of benzene rings is 1. The quantitative estimate of drug-likeness (QED) is 0.615. The van der Waals surface area contributed by atoms with Crippen molar-refractivity contribution in [3.63, 3.8) is 0 Å². The summed E-state index contributed by atoms with van der Waals surface area (Å²) in [5, 5.41) is 4.09. The number of hydrogen-bond acceptors (Lipinski definition) is 5. The van der Waals surface area contributed by atoms with Gasteiger partial charge in [0.2, 0.25) is 11.9 Å². The molecule has 1 atom stereocenters. The van der Waals surface area contributed by atoms with E-state index >= 15 is 0 Å². The number of nitrogens with one attached hydrogen (secondary N) is 1. The van der Waals surface area contributed by atoms with E-state index in [2.05, 4.69) is 10.2 Å². The monoisotopic (exact) mass is 473 g/mol. The minimum Gasteiger partial charge on any atom is -0.379 e. The number of halogens is 2. The third-order valence-electron chi connectivity index (χ3n) is 6.21. The van der Waals surface area contributed by atoms with Crippen LogP contribution in [0.1, 0.15) is 25.0 Å². The zero-order valence-corrected chi connectivity index (χ0v) is 19.4. The molecule has 3 aromatic rings. The highest BCUT2D eigenvalue weighted by Crippen LogP contribution is 2.34. The second-order valence-corrected chi connectivity index (χ2v) is 9.28. The van der Waals surface area contributed by atoms with Gasteiger partial charge in [-0.05, 0) is 50.5 Å². The number of ether oxygens (including phenoxy) is 1. The average molecular weight is 474 g/mol. The summed E-state index contributed by atoms with van der Waals surface area (Å²) in [7, 11) is 0. The molecule has 2 saturated heterocycles. The standard InChI is InChI=1S/C23H25Cl2N5O2/c1-14-3-2-4-21(26-14)30-20-12-18(25)17(24)11-19(20)28-23(30)29-8-5-15(6-9-29)22(31)27-16-7-10-32-13-16/h2-4,11-12,15-16H,5-10,13H2,1H3,(H,27,31).